The molecule has 120 valence electrons. The van der Waals surface area contributed by atoms with E-state index in [1.54, 1.807) is 7.11 Å². The van der Waals surface area contributed by atoms with Crippen LogP contribution in [0, 0.1) is 10.1 Å². The normalized spacial score (nSPS) is 11.4. The van der Waals surface area contributed by atoms with Crippen molar-refractivity contribution in [3.8, 4) is 0 Å². The van der Waals surface area contributed by atoms with Crippen LogP contribution >= 0.6 is 23.8 Å². The summed E-state index contributed by atoms with van der Waals surface area (Å²) in [6, 6.07) is 3.53. The van der Waals surface area contributed by atoms with Crippen molar-refractivity contribution in [1.82, 2.24) is 16.2 Å². The summed E-state index contributed by atoms with van der Waals surface area (Å²) in [5, 5.41) is 13.7. The molecule has 1 rings (SSSR count). The summed E-state index contributed by atoms with van der Waals surface area (Å²) in [7, 11) is 1.56. The fraction of sp³-hybridized carbons (Fsp3) is 0.333. The van der Waals surface area contributed by atoms with E-state index in [4.69, 9.17) is 28.6 Å². The number of nitro groups is 1. The zero-order valence-corrected chi connectivity index (χ0v) is 13.5. The molecule has 22 heavy (non-hydrogen) atoms. The van der Waals surface area contributed by atoms with E-state index in [0.29, 0.717) is 6.61 Å². The second-order valence-electron chi connectivity index (χ2n) is 4.33. The molecule has 0 aliphatic carbocycles. The number of benzene rings is 1. The summed E-state index contributed by atoms with van der Waals surface area (Å²) in [6.45, 7) is 2.30. The minimum Gasteiger partial charge on any atom is -0.383 e. The van der Waals surface area contributed by atoms with E-state index in [-0.39, 0.29) is 27.4 Å². The van der Waals surface area contributed by atoms with E-state index in [2.05, 4.69) is 16.2 Å². The number of non-ortho nitro benzene ring substituents is 1. The average molecular weight is 347 g/mol. The molecule has 8 nitrogen and oxygen atoms in total. The third-order valence-corrected chi connectivity index (χ3v) is 3.02. The van der Waals surface area contributed by atoms with Gasteiger partial charge in [0.15, 0.2) is 5.11 Å². The number of halogens is 1. The average Bonchev–Trinajstić information content (AvgIpc) is 2.44. The molecule has 10 heteroatoms. The molecule has 0 fully saturated rings. The lowest BCUT2D eigenvalue weighted by Crippen LogP contribution is -2.50. The maximum Gasteiger partial charge on any atom is 0.271 e. The lowest BCUT2D eigenvalue weighted by Gasteiger charge is -2.16. The van der Waals surface area contributed by atoms with Crippen LogP contribution in [0.5, 0.6) is 0 Å². The van der Waals surface area contributed by atoms with Crippen LogP contribution in [0.25, 0.3) is 0 Å². The maximum atomic E-state index is 11.9. The fourth-order valence-electron chi connectivity index (χ4n) is 1.53. The van der Waals surface area contributed by atoms with Crippen LogP contribution in [0.2, 0.25) is 5.02 Å². The van der Waals surface area contributed by atoms with Gasteiger partial charge in [0, 0.05) is 25.3 Å². The van der Waals surface area contributed by atoms with E-state index in [1.165, 1.54) is 12.1 Å². The Balaban J connectivity index is 2.59. The molecular weight excluding hydrogens is 332 g/mol. The van der Waals surface area contributed by atoms with Crippen LogP contribution in [0.1, 0.15) is 17.3 Å². The molecule has 0 aliphatic rings. The molecule has 1 aromatic rings. The van der Waals surface area contributed by atoms with E-state index >= 15 is 0 Å². The van der Waals surface area contributed by atoms with E-state index in [0.717, 1.165) is 6.07 Å². The Labute approximate surface area is 137 Å². The standard InChI is InChI=1S/C12H15ClN4O4S/c1-7(6-21-2)14-12(22)16-15-11(18)9-4-3-8(17(19)20)5-10(9)13/h3-5,7H,6H2,1-2H3,(H,15,18)(H2,14,16,22)/t7-/m0/s1. The first kappa shape index (κ1) is 18.1. The van der Waals surface area contributed by atoms with Crippen molar-refractivity contribution in [3.05, 3.63) is 38.9 Å². The predicted octanol–water partition coefficient (Wildman–Crippen LogP) is 1.39. The minimum atomic E-state index is -0.595. The third kappa shape index (κ3) is 5.43. The Morgan fingerprint density at radius 3 is 2.73 bits per heavy atom. The largest absolute Gasteiger partial charge is 0.383 e. The van der Waals surface area contributed by atoms with Gasteiger partial charge >= 0.3 is 0 Å². The lowest BCUT2D eigenvalue weighted by molar-refractivity contribution is -0.384. The number of carbonyl (C=O) groups is 1. The number of hydrazine groups is 1. The number of nitrogens with zero attached hydrogens (tertiary/aromatic N) is 1. The second kappa shape index (κ2) is 8.47. The highest BCUT2D eigenvalue weighted by Gasteiger charge is 2.15. The number of amides is 1. The molecule has 0 heterocycles. The molecule has 0 aromatic heterocycles. The summed E-state index contributed by atoms with van der Waals surface area (Å²) >= 11 is 10.8. The van der Waals surface area contributed by atoms with Gasteiger partial charge in [-0.1, -0.05) is 11.6 Å². The Bertz CT molecular complexity index is 584. The van der Waals surface area contributed by atoms with Crippen LogP contribution in [-0.2, 0) is 4.74 Å². The van der Waals surface area contributed by atoms with Crippen molar-refractivity contribution >= 4 is 40.5 Å². The van der Waals surface area contributed by atoms with E-state index in [1.807, 2.05) is 6.92 Å². The first-order chi connectivity index (χ1) is 10.3. The van der Waals surface area contributed by atoms with Gasteiger partial charge in [0.1, 0.15) is 0 Å². The molecule has 1 aromatic carbocycles. The molecular formula is C12H15ClN4O4S. The number of hydrogen-bond donors (Lipinski definition) is 3. The summed E-state index contributed by atoms with van der Waals surface area (Å²) in [5.41, 5.74) is 4.75. The van der Waals surface area contributed by atoms with Crippen molar-refractivity contribution in [1.29, 1.82) is 0 Å². The Hall–Kier alpha value is -1.97. The quantitative estimate of drug-likeness (QED) is 0.420. The molecule has 3 N–H and O–H groups in total. The van der Waals surface area contributed by atoms with Crippen LogP contribution < -0.4 is 16.2 Å². The molecule has 0 bridgehead atoms. The smallest absolute Gasteiger partial charge is 0.271 e. The summed E-state index contributed by atoms with van der Waals surface area (Å²) in [6.07, 6.45) is 0. The van der Waals surface area contributed by atoms with Gasteiger partial charge in [-0.25, -0.2) is 0 Å². The number of rotatable bonds is 5. The number of nitrogens with one attached hydrogen (secondary N) is 3. The fourth-order valence-corrected chi connectivity index (χ4v) is 2.05. The van der Waals surface area contributed by atoms with Gasteiger partial charge in [-0.15, -0.1) is 0 Å². The number of carbonyl (C=O) groups excluding carboxylic acids is 1. The van der Waals surface area contributed by atoms with Crippen molar-refractivity contribution in [2.75, 3.05) is 13.7 Å². The summed E-state index contributed by atoms with van der Waals surface area (Å²) in [4.78, 5) is 21.9. The number of thiocarbonyl (C=S) groups is 1. The summed E-state index contributed by atoms with van der Waals surface area (Å²) in [5.74, 6) is -0.566. The van der Waals surface area contributed by atoms with Gasteiger partial charge in [0.25, 0.3) is 11.6 Å². The monoisotopic (exact) mass is 346 g/mol. The van der Waals surface area contributed by atoms with Gasteiger partial charge in [-0.3, -0.25) is 25.8 Å². The van der Waals surface area contributed by atoms with Crippen molar-refractivity contribution < 1.29 is 14.5 Å². The molecule has 0 radical (unpaired) electrons. The van der Waals surface area contributed by atoms with Gasteiger partial charge in [-0.2, -0.15) is 0 Å². The third-order valence-electron chi connectivity index (χ3n) is 2.49. The van der Waals surface area contributed by atoms with Crippen molar-refractivity contribution in [2.24, 2.45) is 0 Å². The predicted molar refractivity (Wildman–Crippen MR) is 85.8 cm³/mol. The molecule has 0 aliphatic heterocycles. The van der Waals surface area contributed by atoms with Crippen LogP contribution in [0.4, 0.5) is 5.69 Å². The van der Waals surface area contributed by atoms with Gasteiger partial charge in [0.2, 0.25) is 0 Å². The Morgan fingerprint density at radius 1 is 1.50 bits per heavy atom. The van der Waals surface area contributed by atoms with Crippen molar-refractivity contribution in [2.45, 2.75) is 13.0 Å². The van der Waals surface area contributed by atoms with Crippen LogP contribution in [0.15, 0.2) is 18.2 Å². The van der Waals surface area contributed by atoms with Gasteiger partial charge in [-0.05, 0) is 25.2 Å². The van der Waals surface area contributed by atoms with E-state index < -0.39 is 10.8 Å². The number of ether oxygens (including phenoxy) is 1. The van der Waals surface area contributed by atoms with Crippen molar-refractivity contribution in [3.63, 3.8) is 0 Å². The zero-order chi connectivity index (χ0) is 16.7. The highest BCUT2D eigenvalue weighted by molar-refractivity contribution is 7.80. The number of hydrogen-bond acceptors (Lipinski definition) is 5. The molecule has 1 amide bonds. The Kier molecular flexibility index (Phi) is 6.96. The molecule has 0 saturated heterocycles. The number of methoxy groups -OCH3 is 1. The Morgan fingerprint density at radius 2 is 2.18 bits per heavy atom. The molecule has 0 saturated carbocycles. The lowest BCUT2D eigenvalue weighted by atomic mass is 10.2. The highest BCUT2D eigenvalue weighted by Crippen LogP contribution is 2.22. The highest BCUT2D eigenvalue weighted by atomic mass is 35.5. The van der Waals surface area contributed by atoms with Crippen LogP contribution in [0.3, 0.4) is 0 Å². The minimum absolute atomic E-state index is 0.0277. The SMILES string of the molecule is COC[C@H](C)NC(=S)NNC(=O)c1ccc([N+](=O)[O-])cc1Cl. The second-order valence-corrected chi connectivity index (χ2v) is 5.15. The molecule has 0 spiro atoms. The van der Waals surface area contributed by atoms with Crippen LogP contribution in [-0.4, -0.2) is 35.7 Å². The molecule has 0 unspecified atom stereocenters. The molecule has 1 atom stereocenters. The first-order valence-electron chi connectivity index (χ1n) is 6.15. The van der Waals surface area contributed by atoms with Gasteiger partial charge in [0.05, 0.1) is 22.1 Å². The summed E-state index contributed by atoms with van der Waals surface area (Å²) < 4.78 is 4.94. The van der Waals surface area contributed by atoms with E-state index in [9.17, 15) is 14.9 Å². The van der Waals surface area contributed by atoms with Gasteiger partial charge < -0.3 is 10.1 Å². The zero-order valence-electron chi connectivity index (χ0n) is 11.9. The first-order valence-corrected chi connectivity index (χ1v) is 6.93. The topological polar surface area (TPSA) is 106 Å². The maximum absolute atomic E-state index is 11.9. The number of nitro benzene ring substituents is 1.